The molecular formula is C12H19IN4. The van der Waals surface area contributed by atoms with E-state index in [2.05, 4.69) is 26.1 Å². The summed E-state index contributed by atoms with van der Waals surface area (Å²) in [6.07, 6.45) is 9.23. The molecule has 0 spiro atoms. The highest BCUT2D eigenvalue weighted by Gasteiger charge is 1.94. The molecule has 0 aliphatic heterocycles. The number of rotatable bonds is 5. The predicted molar refractivity (Wildman–Crippen MR) is 82.7 cm³/mol. The average molecular weight is 346 g/mol. The fourth-order valence-electron chi connectivity index (χ4n) is 1.27. The molecule has 17 heavy (non-hydrogen) atoms. The van der Waals surface area contributed by atoms with Gasteiger partial charge in [0.15, 0.2) is 5.96 Å². The smallest absolute Gasteiger partial charge is 0.192 e. The van der Waals surface area contributed by atoms with Gasteiger partial charge in [0.2, 0.25) is 0 Å². The van der Waals surface area contributed by atoms with Crippen molar-refractivity contribution in [2.75, 3.05) is 19.6 Å². The van der Waals surface area contributed by atoms with Crippen LogP contribution in [0.2, 0.25) is 0 Å². The zero-order valence-corrected chi connectivity index (χ0v) is 12.3. The second-order valence-electron chi connectivity index (χ2n) is 3.24. The minimum absolute atomic E-state index is 0. The van der Waals surface area contributed by atoms with Crippen LogP contribution in [0.4, 0.5) is 0 Å². The Morgan fingerprint density at radius 2 is 2.06 bits per heavy atom. The van der Waals surface area contributed by atoms with E-state index in [1.54, 1.807) is 0 Å². The molecule has 0 amide bonds. The monoisotopic (exact) mass is 346 g/mol. The summed E-state index contributed by atoms with van der Waals surface area (Å²) in [5.41, 5.74) is 0. The van der Waals surface area contributed by atoms with Crippen LogP contribution in [0.3, 0.4) is 0 Å². The summed E-state index contributed by atoms with van der Waals surface area (Å²) >= 11 is 0. The second-order valence-corrected chi connectivity index (χ2v) is 3.24. The highest BCUT2D eigenvalue weighted by atomic mass is 127. The number of nitrogens with one attached hydrogen (secondary N) is 2. The third-order valence-electron chi connectivity index (χ3n) is 2.00. The van der Waals surface area contributed by atoms with E-state index in [0.717, 1.165) is 25.6 Å². The summed E-state index contributed by atoms with van der Waals surface area (Å²) in [6.45, 7) is 4.96. The fourth-order valence-corrected chi connectivity index (χ4v) is 1.27. The first kappa shape index (κ1) is 15.8. The summed E-state index contributed by atoms with van der Waals surface area (Å²) in [5, 5.41) is 6.18. The molecule has 94 valence electrons. The first-order valence-corrected chi connectivity index (χ1v) is 5.43. The summed E-state index contributed by atoms with van der Waals surface area (Å²) < 4.78 is 2.09. The lowest BCUT2D eigenvalue weighted by Crippen LogP contribution is -2.37. The molecule has 5 heteroatoms. The van der Waals surface area contributed by atoms with Crippen molar-refractivity contribution < 1.29 is 0 Å². The lowest BCUT2D eigenvalue weighted by molar-refractivity contribution is 0.706. The van der Waals surface area contributed by atoms with Gasteiger partial charge < -0.3 is 15.2 Å². The van der Waals surface area contributed by atoms with E-state index in [4.69, 9.17) is 6.42 Å². The van der Waals surface area contributed by atoms with Crippen molar-refractivity contribution in [3.05, 3.63) is 24.5 Å². The van der Waals surface area contributed by atoms with Crippen LogP contribution < -0.4 is 10.6 Å². The number of hydrogen-bond donors (Lipinski definition) is 2. The minimum Gasteiger partial charge on any atom is -0.357 e. The maximum absolute atomic E-state index is 5.18. The third kappa shape index (κ3) is 6.89. The van der Waals surface area contributed by atoms with Crippen LogP contribution in [-0.4, -0.2) is 30.2 Å². The number of guanidine groups is 1. The molecule has 0 bridgehead atoms. The summed E-state index contributed by atoms with van der Waals surface area (Å²) in [6, 6.07) is 4.01. The Kier molecular flexibility index (Phi) is 9.34. The van der Waals surface area contributed by atoms with E-state index >= 15 is 0 Å². The van der Waals surface area contributed by atoms with Crippen molar-refractivity contribution in [1.82, 2.24) is 15.2 Å². The average Bonchev–Trinajstić information content (AvgIpc) is 2.79. The molecule has 0 radical (unpaired) electrons. The maximum atomic E-state index is 5.18. The molecule has 0 unspecified atom stereocenters. The molecule has 2 N–H and O–H groups in total. The molecule has 1 heterocycles. The standard InChI is InChI=1S/C12H18N4.HI/c1-3-7-14-12(13-4-2)15-8-11-16-9-5-6-10-16;/h1,5-6,9-10H,4,7-8,11H2,2H3,(H2,13,14,15);1H. The van der Waals surface area contributed by atoms with Crippen LogP contribution in [0.1, 0.15) is 6.92 Å². The van der Waals surface area contributed by atoms with Gasteiger partial charge in [-0.2, -0.15) is 0 Å². The molecular weight excluding hydrogens is 327 g/mol. The summed E-state index contributed by atoms with van der Waals surface area (Å²) in [5.74, 6) is 3.29. The van der Waals surface area contributed by atoms with Crippen LogP contribution >= 0.6 is 24.0 Å². The molecule has 1 rings (SSSR count). The van der Waals surface area contributed by atoms with Crippen molar-refractivity contribution in [3.63, 3.8) is 0 Å². The van der Waals surface area contributed by atoms with Gasteiger partial charge >= 0.3 is 0 Å². The van der Waals surface area contributed by atoms with Gasteiger partial charge in [-0.3, -0.25) is 4.99 Å². The van der Waals surface area contributed by atoms with Gasteiger partial charge in [-0.15, -0.1) is 30.4 Å². The number of terminal acetylenes is 1. The van der Waals surface area contributed by atoms with Crippen molar-refractivity contribution in [2.45, 2.75) is 13.5 Å². The largest absolute Gasteiger partial charge is 0.357 e. The quantitative estimate of drug-likeness (QED) is 0.365. The van der Waals surface area contributed by atoms with E-state index in [0.29, 0.717) is 6.54 Å². The first-order valence-electron chi connectivity index (χ1n) is 5.43. The summed E-state index contributed by atoms with van der Waals surface area (Å²) in [4.78, 5) is 4.40. The van der Waals surface area contributed by atoms with Crippen LogP contribution in [0.5, 0.6) is 0 Å². The SMILES string of the molecule is C#CCNC(=NCCn1cccc1)NCC.I. The lowest BCUT2D eigenvalue weighted by Gasteiger charge is -2.08. The van der Waals surface area contributed by atoms with Crippen molar-refractivity contribution in [2.24, 2.45) is 4.99 Å². The lowest BCUT2D eigenvalue weighted by atomic mass is 10.6. The molecule has 4 nitrogen and oxygen atoms in total. The molecule has 0 aromatic carbocycles. The fraction of sp³-hybridized carbons (Fsp3) is 0.417. The number of nitrogens with zero attached hydrogens (tertiary/aromatic N) is 2. The minimum atomic E-state index is 0. The highest BCUT2D eigenvalue weighted by molar-refractivity contribution is 14.0. The Bertz CT molecular complexity index is 351. The Labute approximate surface area is 120 Å². The molecule has 1 aromatic heterocycles. The number of halogens is 1. The van der Waals surface area contributed by atoms with Gasteiger partial charge in [-0.1, -0.05) is 5.92 Å². The van der Waals surface area contributed by atoms with Gasteiger partial charge in [0.25, 0.3) is 0 Å². The zero-order chi connectivity index (χ0) is 11.6. The van der Waals surface area contributed by atoms with Crippen LogP contribution in [0, 0.1) is 12.3 Å². The normalized spacial score (nSPS) is 10.2. The van der Waals surface area contributed by atoms with E-state index in [1.165, 1.54) is 0 Å². The molecule has 0 atom stereocenters. The van der Waals surface area contributed by atoms with Crippen LogP contribution in [-0.2, 0) is 6.54 Å². The Balaban J connectivity index is 0.00000256. The van der Waals surface area contributed by atoms with E-state index < -0.39 is 0 Å². The molecule has 1 aromatic rings. The number of aromatic nitrogens is 1. The highest BCUT2D eigenvalue weighted by Crippen LogP contribution is 1.89. The molecule has 0 saturated heterocycles. The second kappa shape index (κ2) is 10.0. The molecule has 0 aliphatic rings. The van der Waals surface area contributed by atoms with Crippen LogP contribution in [0.25, 0.3) is 0 Å². The molecule has 0 fully saturated rings. The molecule has 0 aliphatic carbocycles. The van der Waals surface area contributed by atoms with Gasteiger partial charge in [-0.05, 0) is 19.1 Å². The maximum Gasteiger partial charge on any atom is 0.192 e. The van der Waals surface area contributed by atoms with Crippen molar-refractivity contribution >= 4 is 29.9 Å². The van der Waals surface area contributed by atoms with Crippen molar-refractivity contribution in [1.29, 1.82) is 0 Å². The topological polar surface area (TPSA) is 41.4 Å². The molecule has 0 saturated carbocycles. The van der Waals surface area contributed by atoms with E-state index in [9.17, 15) is 0 Å². The zero-order valence-electron chi connectivity index (χ0n) is 10.0. The number of hydrogen-bond acceptors (Lipinski definition) is 1. The van der Waals surface area contributed by atoms with E-state index in [-0.39, 0.29) is 24.0 Å². The Morgan fingerprint density at radius 1 is 1.35 bits per heavy atom. The Hall–Kier alpha value is -1.16. The third-order valence-corrected chi connectivity index (χ3v) is 2.00. The van der Waals surface area contributed by atoms with Gasteiger partial charge in [0, 0.05) is 25.5 Å². The summed E-state index contributed by atoms with van der Waals surface area (Å²) in [7, 11) is 0. The first-order chi connectivity index (χ1) is 7.86. The van der Waals surface area contributed by atoms with Gasteiger partial charge in [0.05, 0.1) is 13.1 Å². The van der Waals surface area contributed by atoms with Gasteiger partial charge in [0.1, 0.15) is 0 Å². The van der Waals surface area contributed by atoms with Crippen LogP contribution in [0.15, 0.2) is 29.5 Å². The Morgan fingerprint density at radius 3 is 2.65 bits per heavy atom. The predicted octanol–water partition coefficient (Wildman–Crippen LogP) is 1.29. The number of aliphatic imine (C=N–C) groups is 1. The van der Waals surface area contributed by atoms with Gasteiger partial charge in [-0.25, -0.2) is 0 Å². The van der Waals surface area contributed by atoms with Crippen molar-refractivity contribution in [3.8, 4) is 12.3 Å². The van der Waals surface area contributed by atoms with E-state index in [1.807, 2.05) is 31.5 Å².